The zero-order chi connectivity index (χ0) is 28.8. The molecule has 40 heavy (non-hydrogen) atoms. The van der Waals surface area contributed by atoms with Crippen LogP contribution in [-0.2, 0) is 11.2 Å². The molecule has 0 bridgehead atoms. The van der Waals surface area contributed by atoms with Crippen molar-refractivity contribution in [3.8, 4) is 5.75 Å². The van der Waals surface area contributed by atoms with E-state index in [1.165, 1.54) is 12.1 Å². The van der Waals surface area contributed by atoms with E-state index in [1.54, 1.807) is 43.5 Å². The third kappa shape index (κ3) is 6.74. The van der Waals surface area contributed by atoms with Crippen LogP contribution in [0.25, 0.3) is 0 Å². The number of carbonyl (C=O) groups is 2. The Morgan fingerprint density at radius 1 is 1.15 bits per heavy atom. The van der Waals surface area contributed by atoms with Crippen LogP contribution in [0, 0.1) is 19.7 Å². The summed E-state index contributed by atoms with van der Waals surface area (Å²) in [5.41, 5.74) is 4.32. The Hall–Kier alpha value is -4.04. The number of hydrogen-bond acceptors (Lipinski definition) is 5. The summed E-state index contributed by atoms with van der Waals surface area (Å²) in [6, 6.07) is 14.0. The molecule has 1 N–H and O–H groups in total. The molecule has 0 spiro atoms. The third-order valence-electron chi connectivity index (χ3n) is 7.37. The van der Waals surface area contributed by atoms with Crippen molar-refractivity contribution in [1.29, 1.82) is 0 Å². The first kappa shape index (κ1) is 29.0. The number of hydrogen-bond donors (Lipinski definition) is 1. The summed E-state index contributed by atoms with van der Waals surface area (Å²) in [6.45, 7) is 13.7. The van der Waals surface area contributed by atoms with E-state index in [1.807, 2.05) is 37.8 Å². The van der Waals surface area contributed by atoms with E-state index < -0.39 is 6.10 Å². The number of nitrogens with one attached hydrogen (secondary N) is 1. The first-order chi connectivity index (χ1) is 19.2. The summed E-state index contributed by atoms with van der Waals surface area (Å²) < 4.78 is 20.9. The lowest BCUT2D eigenvalue weighted by molar-refractivity contribution is -0.130. The summed E-state index contributed by atoms with van der Waals surface area (Å²) in [7, 11) is 0. The molecule has 1 aliphatic heterocycles. The van der Waals surface area contributed by atoms with Gasteiger partial charge in [0.1, 0.15) is 17.7 Å². The Morgan fingerprint density at radius 3 is 2.55 bits per heavy atom. The maximum atomic E-state index is 14.5. The van der Waals surface area contributed by atoms with E-state index in [2.05, 4.69) is 21.8 Å². The normalized spacial score (nSPS) is 16.3. The van der Waals surface area contributed by atoms with Crippen molar-refractivity contribution in [3.63, 3.8) is 0 Å². The van der Waals surface area contributed by atoms with Crippen LogP contribution in [0.3, 0.4) is 0 Å². The Labute approximate surface area is 235 Å². The second-order valence-corrected chi connectivity index (χ2v) is 10.2. The van der Waals surface area contributed by atoms with E-state index >= 15 is 0 Å². The minimum absolute atomic E-state index is 0.0177. The summed E-state index contributed by atoms with van der Waals surface area (Å²) in [6.07, 6.45) is 3.35. The minimum atomic E-state index is -0.450. The first-order valence-corrected chi connectivity index (χ1v) is 13.6. The highest BCUT2D eigenvalue weighted by molar-refractivity contribution is 6.05. The average molecular weight is 545 g/mol. The maximum absolute atomic E-state index is 14.5. The Kier molecular flexibility index (Phi) is 9.32. The molecule has 7 nitrogen and oxygen atoms in total. The van der Waals surface area contributed by atoms with Gasteiger partial charge in [0.25, 0.3) is 5.91 Å². The number of carbonyl (C=O) groups excluding carboxylic acids is 2. The zero-order valence-electron chi connectivity index (χ0n) is 23.6. The number of aryl methyl sites for hydroxylation is 3. The fourth-order valence-electron chi connectivity index (χ4n) is 4.99. The molecule has 8 heteroatoms. The van der Waals surface area contributed by atoms with Crippen molar-refractivity contribution < 1.29 is 18.7 Å². The monoisotopic (exact) mass is 544 g/mol. The SMILES string of the molecule is C=CC(=O)N1CCN(C[C@@H](Oc2ccc(C(=O)Nc3c(C)ccnc3CC)cc2)c2ccc(C)c(F)c2)C[C@H]1C. The van der Waals surface area contributed by atoms with Crippen molar-refractivity contribution in [2.45, 2.75) is 46.3 Å². The van der Waals surface area contributed by atoms with Gasteiger partial charge in [-0.05, 0) is 86.4 Å². The number of nitrogens with zero attached hydrogens (tertiary/aromatic N) is 3. The van der Waals surface area contributed by atoms with Crippen molar-refractivity contribution >= 4 is 17.5 Å². The lowest BCUT2D eigenvalue weighted by Crippen LogP contribution is -2.54. The molecule has 1 saturated heterocycles. The van der Waals surface area contributed by atoms with E-state index in [-0.39, 0.29) is 23.7 Å². The number of amides is 2. The number of piperazine rings is 1. The second-order valence-electron chi connectivity index (χ2n) is 10.2. The lowest BCUT2D eigenvalue weighted by Gasteiger charge is -2.40. The summed E-state index contributed by atoms with van der Waals surface area (Å²) in [5.74, 6) is -0.0161. The van der Waals surface area contributed by atoms with Gasteiger partial charge in [0.2, 0.25) is 5.91 Å². The largest absolute Gasteiger partial charge is 0.484 e. The highest BCUT2D eigenvalue weighted by Gasteiger charge is 2.28. The summed E-state index contributed by atoms with van der Waals surface area (Å²) in [5, 5.41) is 2.99. The van der Waals surface area contributed by atoms with Crippen LogP contribution in [0.1, 0.15) is 52.7 Å². The molecule has 1 aromatic heterocycles. The molecule has 2 atom stereocenters. The van der Waals surface area contributed by atoms with Gasteiger partial charge < -0.3 is 15.0 Å². The Bertz CT molecular complexity index is 1380. The van der Waals surface area contributed by atoms with Crippen LogP contribution in [0.5, 0.6) is 5.75 Å². The molecule has 2 heterocycles. The predicted molar refractivity (Wildman–Crippen MR) is 155 cm³/mol. The predicted octanol–water partition coefficient (Wildman–Crippen LogP) is 5.49. The minimum Gasteiger partial charge on any atom is -0.484 e. The van der Waals surface area contributed by atoms with Crippen molar-refractivity contribution in [2.75, 3.05) is 31.5 Å². The van der Waals surface area contributed by atoms with Gasteiger partial charge in [-0.2, -0.15) is 0 Å². The molecule has 3 aromatic rings. The highest BCUT2D eigenvalue weighted by atomic mass is 19.1. The number of ether oxygens (including phenoxy) is 1. The number of halogens is 1. The second kappa shape index (κ2) is 12.9. The van der Waals surface area contributed by atoms with Crippen LogP contribution in [0.4, 0.5) is 10.1 Å². The first-order valence-electron chi connectivity index (χ1n) is 13.6. The molecule has 2 aromatic carbocycles. The molecule has 4 rings (SSSR count). The molecule has 1 aliphatic rings. The molecular weight excluding hydrogens is 507 g/mol. The molecule has 210 valence electrons. The van der Waals surface area contributed by atoms with Gasteiger partial charge in [0.05, 0.1) is 11.4 Å². The molecular formula is C32H37FN4O3. The van der Waals surface area contributed by atoms with E-state index in [9.17, 15) is 14.0 Å². The van der Waals surface area contributed by atoms with Crippen LogP contribution in [0.2, 0.25) is 0 Å². The molecule has 1 fully saturated rings. The van der Waals surface area contributed by atoms with E-state index in [4.69, 9.17) is 4.74 Å². The standard InChI is InChI=1S/C32H37FN4O3/c1-6-28-31(22(4)14-15-34-28)35-32(39)24-10-12-26(13-11-24)40-29(25-9-8-21(3)27(33)18-25)20-36-16-17-37(23(5)19-36)30(38)7-2/h7-15,18,23,29H,2,6,16-17,19-20H2,1,3-5H3,(H,35,39)/t23-,29-/m1/s1. The summed E-state index contributed by atoms with van der Waals surface area (Å²) in [4.78, 5) is 33.6. The van der Waals surface area contributed by atoms with E-state index in [0.717, 1.165) is 22.5 Å². The molecule has 0 aliphatic carbocycles. The maximum Gasteiger partial charge on any atom is 0.255 e. The van der Waals surface area contributed by atoms with Gasteiger partial charge in [-0.3, -0.25) is 19.5 Å². The average Bonchev–Trinajstić information content (AvgIpc) is 2.95. The number of anilines is 1. The topological polar surface area (TPSA) is 74.8 Å². The molecule has 0 radical (unpaired) electrons. The van der Waals surface area contributed by atoms with Crippen molar-refractivity contribution in [2.24, 2.45) is 0 Å². The lowest BCUT2D eigenvalue weighted by atomic mass is 10.0. The van der Waals surface area contributed by atoms with Crippen molar-refractivity contribution in [1.82, 2.24) is 14.8 Å². The molecule has 0 unspecified atom stereocenters. The fraction of sp³-hybridized carbons (Fsp3) is 0.344. The third-order valence-corrected chi connectivity index (χ3v) is 7.37. The Balaban J connectivity index is 1.50. The van der Waals surface area contributed by atoms with Gasteiger partial charge in [0, 0.05) is 44.0 Å². The quantitative estimate of drug-likeness (QED) is 0.361. The van der Waals surface area contributed by atoms with Crippen LogP contribution < -0.4 is 10.1 Å². The summed E-state index contributed by atoms with van der Waals surface area (Å²) >= 11 is 0. The van der Waals surface area contributed by atoms with Gasteiger partial charge in [-0.25, -0.2) is 4.39 Å². The van der Waals surface area contributed by atoms with Gasteiger partial charge >= 0.3 is 0 Å². The van der Waals surface area contributed by atoms with Gasteiger partial charge in [-0.15, -0.1) is 0 Å². The number of benzene rings is 2. The number of rotatable bonds is 9. The van der Waals surface area contributed by atoms with Crippen molar-refractivity contribution in [3.05, 3.63) is 101 Å². The fourth-order valence-corrected chi connectivity index (χ4v) is 4.99. The number of aromatic nitrogens is 1. The van der Waals surface area contributed by atoms with E-state index in [0.29, 0.717) is 49.5 Å². The van der Waals surface area contributed by atoms with Crippen LogP contribution in [0.15, 0.2) is 67.4 Å². The zero-order valence-corrected chi connectivity index (χ0v) is 23.6. The van der Waals surface area contributed by atoms with Gasteiger partial charge in [0.15, 0.2) is 0 Å². The Morgan fingerprint density at radius 2 is 1.90 bits per heavy atom. The molecule has 0 saturated carbocycles. The molecule has 2 amide bonds. The highest BCUT2D eigenvalue weighted by Crippen LogP contribution is 2.27. The number of pyridine rings is 1. The van der Waals surface area contributed by atoms with Crippen LogP contribution >= 0.6 is 0 Å². The van der Waals surface area contributed by atoms with Gasteiger partial charge in [-0.1, -0.05) is 25.6 Å². The smallest absolute Gasteiger partial charge is 0.255 e. The van der Waals surface area contributed by atoms with Crippen LogP contribution in [-0.4, -0.2) is 58.8 Å².